The summed E-state index contributed by atoms with van der Waals surface area (Å²) in [7, 11) is 0. The maximum absolute atomic E-state index is 13.1. The zero-order valence-corrected chi connectivity index (χ0v) is 22.6. The topological polar surface area (TPSA) is 100 Å². The number of pyridine rings is 1. The molecule has 0 radical (unpaired) electrons. The molecular weight excluding hydrogens is 532 g/mol. The molecule has 0 bridgehead atoms. The van der Waals surface area contributed by atoms with E-state index in [2.05, 4.69) is 20.9 Å². The summed E-state index contributed by atoms with van der Waals surface area (Å²) in [5, 5.41) is 8.94. The number of benzene rings is 3. The van der Waals surface area contributed by atoms with E-state index in [-0.39, 0.29) is 17.4 Å². The molecule has 196 valence electrons. The number of anilines is 2. The molecule has 1 aromatic heterocycles. The van der Waals surface area contributed by atoms with Crippen molar-refractivity contribution in [3.8, 4) is 0 Å². The smallest absolute Gasteiger partial charge is 0.272 e. The van der Waals surface area contributed by atoms with Crippen LogP contribution in [0.15, 0.2) is 108 Å². The van der Waals surface area contributed by atoms with Gasteiger partial charge in [0.2, 0.25) is 5.91 Å². The summed E-state index contributed by atoms with van der Waals surface area (Å²) in [5.74, 6) is -0.831. The first-order valence-electron chi connectivity index (χ1n) is 12.0. The van der Waals surface area contributed by atoms with Gasteiger partial charge in [0.1, 0.15) is 5.70 Å². The van der Waals surface area contributed by atoms with E-state index >= 15 is 0 Å². The van der Waals surface area contributed by atoms with Crippen LogP contribution in [0.5, 0.6) is 0 Å². The Balaban J connectivity index is 1.39. The van der Waals surface area contributed by atoms with E-state index in [0.717, 1.165) is 10.5 Å². The Morgan fingerprint density at radius 1 is 0.923 bits per heavy atom. The highest BCUT2D eigenvalue weighted by Crippen LogP contribution is 2.23. The van der Waals surface area contributed by atoms with Crippen LogP contribution in [0, 0.1) is 6.92 Å². The lowest BCUT2D eigenvalue weighted by atomic mass is 10.2. The van der Waals surface area contributed by atoms with E-state index < -0.39 is 11.8 Å². The van der Waals surface area contributed by atoms with Gasteiger partial charge in [-0.25, -0.2) is 0 Å². The monoisotopic (exact) mass is 556 g/mol. The van der Waals surface area contributed by atoms with Gasteiger partial charge in [0.05, 0.1) is 5.75 Å². The summed E-state index contributed by atoms with van der Waals surface area (Å²) < 4.78 is 0. The Bertz CT molecular complexity index is 1490. The van der Waals surface area contributed by atoms with Crippen molar-refractivity contribution in [2.45, 2.75) is 11.8 Å². The fourth-order valence-corrected chi connectivity index (χ4v) is 4.34. The number of thioether (sulfide) groups is 1. The molecule has 0 aliphatic heterocycles. The number of nitrogens with zero attached hydrogens (tertiary/aromatic N) is 1. The van der Waals surface area contributed by atoms with Crippen LogP contribution in [-0.2, 0) is 9.59 Å². The quantitative estimate of drug-likeness (QED) is 0.169. The molecule has 0 saturated carbocycles. The van der Waals surface area contributed by atoms with Crippen molar-refractivity contribution >= 4 is 58.5 Å². The predicted molar refractivity (Wildman–Crippen MR) is 157 cm³/mol. The van der Waals surface area contributed by atoms with Crippen molar-refractivity contribution in [1.29, 1.82) is 0 Å². The van der Waals surface area contributed by atoms with E-state index in [4.69, 9.17) is 11.6 Å². The second-order valence-corrected chi connectivity index (χ2v) is 9.92. The number of aromatic nitrogens is 1. The average Bonchev–Trinajstić information content (AvgIpc) is 2.95. The summed E-state index contributed by atoms with van der Waals surface area (Å²) >= 11 is 7.39. The number of hydrogen-bond acceptors (Lipinski definition) is 5. The Morgan fingerprint density at radius 2 is 1.69 bits per heavy atom. The second-order valence-electron chi connectivity index (χ2n) is 8.44. The molecule has 0 unspecified atom stereocenters. The average molecular weight is 557 g/mol. The molecule has 0 spiro atoms. The van der Waals surface area contributed by atoms with Crippen LogP contribution in [-0.4, -0.2) is 28.5 Å². The number of rotatable bonds is 9. The third kappa shape index (κ3) is 8.29. The van der Waals surface area contributed by atoms with Crippen molar-refractivity contribution in [3.63, 3.8) is 0 Å². The first-order chi connectivity index (χ1) is 18.9. The number of carbonyl (C=O) groups excluding carboxylic acids is 3. The van der Waals surface area contributed by atoms with E-state index in [1.807, 2.05) is 31.2 Å². The van der Waals surface area contributed by atoms with Crippen molar-refractivity contribution in [1.82, 2.24) is 10.3 Å². The third-order valence-electron chi connectivity index (χ3n) is 5.48. The van der Waals surface area contributed by atoms with Gasteiger partial charge in [-0.15, -0.1) is 11.8 Å². The third-order valence-corrected chi connectivity index (χ3v) is 6.73. The molecule has 3 amide bonds. The minimum atomic E-state index is -0.486. The molecule has 0 aliphatic carbocycles. The van der Waals surface area contributed by atoms with E-state index in [9.17, 15) is 14.4 Å². The molecule has 4 aromatic rings. The number of halogens is 1. The van der Waals surface area contributed by atoms with Crippen LogP contribution < -0.4 is 16.0 Å². The van der Waals surface area contributed by atoms with Gasteiger partial charge in [0, 0.05) is 39.3 Å². The molecule has 0 saturated heterocycles. The lowest BCUT2D eigenvalue weighted by Gasteiger charge is -2.12. The lowest BCUT2D eigenvalue weighted by molar-refractivity contribution is -0.114. The molecule has 0 aliphatic rings. The van der Waals surface area contributed by atoms with Crippen molar-refractivity contribution in [2.24, 2.45) is 0 Å². The number of carbonyl (C=O) groups is 3. The van der Waals surface area contributed by atoms with Gasteiger partial charge < -0.3 is 16.0 Å². The van der Waals surface area contributed by atoms with E-state index in [1.165, 1.54) is 11.8 Å². The Kier molecular flexibility index (Phi) is 9.50. The van der Waals surface area contributed by atoms with E-state index in [0.29, 0.717) is 27.5 Å². The molecule has 3 aromatic carbocycles. The van der Waals surface area contributed by atoms with Gasteiger partial charge in [-0.05, 0) is 78.7 Å². The van der Waals surface area contributed by atoms with Crippen LogP contribution in [0.1, 0.15) is 21.5 Å². The molecule has 4 rings (SSSR count). The first-order valence-corrected chi connectivity index (χ1v) is 13.3. The molecule has 0 atom stereocenters. The van der Waals surface area contributed by atoms with Crippen LogP contribution in [0.25, 0.3) is 6.08 Å². The van der Waals surface area contributed by atoms with Crippen molar-refractivity contribution in [2.75, 3.05) is 16.4 Å². The first kappa shape index (κ1) is 27.6. The zero-order chi connectivity index (χ0) is 27.6. The van der Waals surface area contributed by atoms with Gasteiger partial charge in [-0.1, -0.05) is 41.9 Å². The SMILES string of the molecule is Cc1ccc(Cl)cc1NC(=O)CSc1ccc(NC(=O)/C(=C/c2cccnc2)NC(=O)c2ccccc2)cc1. The summed E-state index contributed by atoms with van der Waals surface area (Å²) in [4.78, 5) is 43.2. The minimum Gasteiger partial charge on any atom is -0.325 e. The standard InChI is InChI=1S/C30H25ClN4O3S/c1-20-9-10-23(31)17-26(20)34-28(36)19-39-25-13-11-24(12-14-25)33-30(38)27(16-21-6-5-15-32-18-21)35-29(37)22-7-3-2-4-8-22/h2-18H,19H2,1H3,(H,33,38)(H,34,36)(H,35,37)/b27-16-. The summed E-state index contributed by atoms with van der Waals surface area (Å²) in [6.07, 6.45) is 4.78. The highest BCUT2D eigenvalue weighted by molar-refractivity contribution is 8.00. The fraction of sp³-hybridized carbons (Fsp3) is 0.0667. The van der Waals surface area contributed by atoms with Crippen molar-refractivity contribution in [3.05, 3.63) is 125 Å². The molecule has 7 nitrogen and oxygen atoms in total. The Labute approximate surface area is 235 Å². The molecule has 0 fully saturated rings. The van der Waals surface area contributed by atoms with Gasteiger partial charge in [0.25, 0.3) is 11.8 Å². The predicted octanol–water partition coefficient (Wildman–Crippen LogP) is 6.18. The zero-order valence-electron chi connectivity index (χ0n) is 21.0. The number of amides is 3. The van der Waals surface area contributed by atoms with Crippen LogP contribution in [0.4, 0.5) is 11.4 Å². The molecule has 39 heavy (non-hydrogen) atoms. The highest BCUT2D eigenvalue weighted by atomic mass is 35.5. The summed E-state index contributed by atoms with van der Waals surface area (Å²) in [6, 6.07) is 24.6. The summed E-state index contributed by atoms with van der Waals surface area (Å²) in [6.45, 7) is 1.90. The molecular formula is C30H25ClN4O3S. The normalized spacial score (nSPS) is 11.0. The van der Waals surface area contributed by atoms with Crippen LogP contribution >= 0.6 is 23.4 Å². The van der Waals surface area contributed by atoms with Crippen molar-refractivity contribution < 1.29 is 14.4 Å². The molecule has 3 N–H and O–H groups in total. The number of nitrogens with one attached hydrogen (secondary N) is 3. The highest BCUT2D eigenvalue weighted by Gasteiger charge is 2.15. The van der Waals surface area contributed by atoms with Gasteiger partial charge >= 0.3 is 0 Å². The maximum Gasteiger partial charge on any atom is 0.272 e. The maximum atomic E-state index is 13.1. The van der Waals surface area contributed by atoms with Crippen LogP contribution in [0.2, 0.25) is 5.02 Å². The Hall–Kier alpha value is -4.40. The van der Waals surface area contributed by atoms with Gasteiger partial charge in [-0.2, -0.15) is 0 Å². The number of hydrogen-bond donors (Lipinski definition) is 3. The number of aryl methyl sites for hydroxylation is 1. The fourth-order valence-electron chi connectivity index (χ4n) is 3.47. The van der Waals surface area contributed by atoms with Gasteiger partial charge in [0.15, 0.2) is 0 Å². The lowest BCUT2D eigenvalue weighted by Crippen LogP contribution is -2.30. The van der Waals surface area contributed by atoms with Crippen LogP contribution in [0.3, 0.4) is 0 Å². The molecule has 9 heteroatoms. The summed E-state index contributed by atoms with van der Waals surface area (Å²) in [5.41, 5.74) is 3.31. The largest absolute Gasteiger partial charge is 0.325 e. The minimum absolute atomic E-state index is 0.0725. The second kappa shape index (κ2) is 13.4. The van der Waals surface area contributed by atoms with E-state index in [1.54, 1.807) is 79.1 Å². The van der Waals surface area contributed by atoms with Gasteiger partial charge in [-0.3, -0.25) is 19.4 Å². The molecule has 1 heterocycles. The Morgan fingerprint density at radius 3 is 2.41 bits per heavy atom.